The molecule has 134 valence electrons. The van der Waals surface area contributed by atoms with Gasteiger partial charge in [0.25, 0.3) is 0 Å². The molecule has 3 N–H and O–H groups in total. The van der Waals surface area contributed by atoms with Crippen molar-refractivity contribution in [1.82, 2.24) is 18.8 Å². The Bertz CT molecular complexity index is 196. The fourth-order valence-electron chi connectivity index (χ4n) is 3.25. The lowest BCUT2D eigenvalue weighted by atomic mass is 10.8. The zero-order valence-electron chi connectivity index (χ0n) is 16.0. The van der Waals surface area contributed by atoms with Crippen LogP contribution in [0.15, 0.2) is 0 Å². The highest BCUT2D eigenvalue weighted by molar-refractivity contribution is 6.85. The van der Waals surface area contributed by atoms with E-state index in [4.69, 9.17) is 0 Å². The Kier molecular flexibility index (Phi) is 16.5. The third-order valence-corrected chi connectivity index (χ3v) is 23.9. The molecule has 0 aliphatic heterocycles. The van der Waals surface area contributed by atoms with Gasteiger partial charge in [-0.25, -0.2) is 0 Å². The van der Waals surface area contributed by atoms with Crippen molar-refractivity contribution in [2.24, 2.45) is 0 Å². The summed E-state index contributed by atoms with van der Waals surface area (Å²) in [7, 11) is 1.26. The van der Waals surface area contributed by atoms with E-state index < -0.39 is 27.4 Å². The first-order valence-electron chi connectivity index (χ1n) is 9.67. The zero-order valence-corrected chi connectivity index (χ0v) is 25.5. The van der Waals surface area contributed by atoms with Gasteiger partial charge in [-0.05, 0) is 37.8 Å². The van der Waals surface area contributed by atoms with Crippen LogP contribution in [0.5, 0.6) is 0 Å². The number of hydrogen-bond acceptors (Lipinski definition) is 4. The second kappa shape index (κ2) is 15.7. The molecule has 3 unspecified atom stereocenters. The molecule has 0 spiro atoms. The second-order valence-corrected chi connectivity index (χ2v) is 18.7. The molecular formula is C12H42N4Si6. The molecule has 3 atom stereocenters. The third-order valence-electron chi connectivity index (χ3n) is 4.09. The summed E-state index contributed by atoms with van der Waals surface area (Å²) >= 11 is 0. The van der Waals surface area contributed by atoms with E-state index in [1.807, 2.05) is 0 Å². The molecule has 0 aromatic heterocycles. The Balaban J connectivity index is 5.34. The van der Waals surface area contributed by atoms with E-state index in [0.29, 0.717) is 0 Å². The quantitative estimate of drug-likeness (QED) is 0.254. The number of hydrogen-bond donors (Lipinski definition) is 3. The van der Waals surface area contributed by atoms with Crippen molar-refractivity contribution >= 4 is 58.1 Å². The fraction of sp³-hybridized carbons (Fsp3) is 1.00. The minimum atomic E-state index is -0.943. The molecule has 0 amide bonds. The predicted molar refractivity (Wildman–Crippen MR) is 123 cm³/mol. The van der Waals surface area contributed by atoms with Crippen molar-refractivity contribution < 1.29 is 0 Å². The van der Waals surface area contributed by atoms with Gasteiger partial charge in [0.1, 0.15) is 0 Å². The average molecular weight is 411 g/mol. The van der Waals surface area contributed by atoms with Crippen LogP contribution < -0.4 is 14.9 Å². The standard InChI is InChI=1S/C12H42N4Si6/c1-4-13-20(10-7-17)16(21(11-8-18)14-5-2)22(12-9-19)15-6-3/h13-15,20-22H,4-12H2,1-3,17-19H3. The minimum absolute atomic E-state index is 0.943. The molecule has 0 radical (unpaired) electrons. The lowest BCUT2D eigenvalue weighted by molar-refractivity contribution is 0.770. The van der Waals surface area contributed by atoms with Gasteiger partial charge < -0.3 is 18.8 Å². The maximum Gasteiger partial charge on any atom is 0.175 e. The summed E-state index contributed by atoms with van der Waals surface area (Å²) in [5, 5.41) is 0. The van der Waals surface area contributed by atoms with E-state index in [1.54, 1.807) is 0 Å². The molecule has 0 saturated heterocycles. The molecule has 22 heavy (non-hydrogen) atoms. The minimum Gasteiger partial charge on any atom is -0.339 e. The lowest BCUT2D eigenvalue weighted by Crippen LogP contribution is -2.70. The summed E-state index contributed by atoms with van der Waals surface area (Å²) < 4.78 is 3.17. The molecule has 0 aliphatic rings. The molecular weight excluding hydrogens is 369 g/mol. The van der Waals surface area contributed by atoms with Crippen LogP contribution in [0.25, 0.3) is 0 Å². The highest BCUT2D eigenvalue weighted by Gasteiger charge is 2.33. The maximum absolute atomic E-state index is 3.98. The van der Waals surface area contributed by atoms with E-state index in [9.17, 15) is 0 Å². The van der Waals surface area contributed by atoms with Gasteiger partial charge in [-0.2, -0.15) is 0 Å². The lowest BCUT2D eigenvalue weighted by Gasteiger charge is -2.42. The van der Waals surface area contributed by atoms with Gasteiger partial charge in [0.15, 0.2) is 27.4 Å². The van der Waals surface area contributed by atoms with E-state index in [-0.39, 0.29) is 0 Å². The monoisotopic (exact) mass is 410 g/mol. The van der Waals surface area contributed by atoms with Crippen LogP contribution in [0.1, 0.15) is 20.8 Å². The van der Waals surface area contributed by atoms with E-state index in [0.717, 1.165) is 19.6 Å². The van der Waals surface area contributed by atoms with Crippen LogP contribution >= 0.6 is 0 Å². The molecule has 0 fully saturated rings. The highest BCUT2D eigenvalue weighted by Crippen LogP contribution is 2.12. The average Bonchev–Trinajstić information content (AvgIpc) is 2.49. The van der Waals surface area contributed by atoms with Crippen molar-refractivity contribution in [2.45, 2.75) is 57.0 Å². The first kappa shape index (κ1) is 23.1. The number of nitrogens with one attached hydrogen (secondary N) is 3. The van der Waals surface area contributed by atoms with Crippen LogP contribution in [0.3, 0.4) is 0 Å². The Morgan fingerprint density at radius 3 is 1.09 bits per heavy atom. The summed E-state index contributed by atoms with van der Waals surface area (Å²) in [6, 6.07) is 8.90. The van der Waals surface area contributed by atoms with E-state index in [2.05, 4.69) is 39.6 Å². The van der Waals surface area contributed by atoms with Gasteiger partial charge in [-0.3, -0.25) is 0 Å². The van der Waals surface area contributed by atoms with E-state index in [1.165, 1.54) is 67.0 Å². The first-order valence-corrected chi connectivity index (χ1v) is 19.6. The largest absolute Gasteiger partial charge is 0.339 e. The fourth-order valence-corrected chi connectivity index (χ4v) is 23.2. The van der Waals surface area contributed by atoms with Crippen LogP contribution in [-0.4, -0.2) is 81.6 Å². The Morgan fingerprint density at radius 2 is 0.909 bits per heavy atom. The van der Waals surface area contributed by atoms with Crippen molar-refractivity contribution in [2.75, 3.05) is 19.6 Å². The normalized spacial score (nSPS) is 16.4. The van der Waals surface area contributed by atoms with Crippen LogP contribution in [-0.2, 0) is 0 Å². The van der Waals surface area contributed by atoms with Crippen molar-refractivity contribution in [3.8, 4) is 0 Å². The number of nitrogens with zero attached hydrogens (tertiary/aromatic N) is 1. The molecule has 0 aromatic rings. The van der Waals surface area contributed by atoms with Crippen molar-refractivity contribution in [3.05, 3.63) is 0 Å². The smallest absolute Gasteiger partial charge is 0.175 e. The Hall–Kier alpha value is 1.14. The number of rotatable bonds is 15. The first-order chi connectivity index (χ1) is 10.7. The van der Waals surface area contributed by atoms with Gasteiger partial charge in [-0.1, -0.05) is 38.9 Å². The van der Waals surface area contributed by atoms with Crippen LogP contribution in [0, 0.1) is 0 Å². The van der Waals surface area contributed by atoms with Gasteiger partial charge in [-0.15, -0.1) is 0 Å². The molecule has 0 heterocycles. The maximum atomic E-state index is 3.98. The van der Waals surface area contributed by atoms with Gasteiger partial charge >= 0.3 is 0 Å². The molecule has 0 bridgehead atoms. The Morgan fingerprint density at radius 1 is 0.636 bits per heavy atom. The van der Waals surface area contributed by atoms with Crippen LogP contribution in [0.2, 0.25) is 36.3 Å². The van der Waals surface area contributed by atoms with Crippen molar-refractivity contribution in [1.29, 1.82) is 0 Å². The summed E-state index contributed by atoms with van der Waals surface area (Å²) in [5.41, 5.74) is 0. The topological polar surface area (TPSA) is 39.3 Å². The summed E-state index contributed by atoms with van der Waals surface area (Å²) in [6.45, 7) is 10.4. The Labute approximate surface area is 153 Å². The van der Waals surface area contributed by atoms with Crippen LogP contribution in [0.4, 0.5) is 0 Å². The molecule has 0 aromatic carbocycles. The summed E-state index contributed by atoms with van der Waals surface area (Å²) in [6.07, 6.45) is 0. The van der Waals surface area contributed by atoms with Gasteiger partial charge in [0.05, 0.1) is 0 Å². The SMILES string of the molecule is CCN[SiH](CC[SiH3])N([SiH](CC[SiH3])NCC)[SiH](CC[SiH3])NCC. The molecule has 0 saturated carbocycles. The molecule has 0 aliphatic carbocycles. The second-order valence-electron chi connectivity index (χ2n) is 6.03. The molecule has 0 rings (SSSR count). The summed E-state index contributed by atoms with van der Waals surface area (Å²) in [4.78, 5) is 11.9. The van der Waals surface area contributed by atoms with Gasteiger partial charge in [0, 0.05) is 30.7 Å². The zero-order chi connectivity index (χ0) is 16.8. The molecule has 4 nitrogen and oxygen atoms in total. The van der Waals surface area contributed by atoms with Crippen molar-refractivity contribution in [3.63, 3.8) is 0 Å². The van der Waals surface area contributed by atoms with Gasteiger partial charge in [0.2, 0.25) is 0 Å². The predicted octanol–water partition coefficient (Wildman–Crippen LogP) is -2.87. The third kappa shape index (κ3) is 8.84. The highest BCUT2D eigenvalue weighted by atomic mass is 28.4. The molecule has 10 heteroatoms. The summed E-state index contributed by atoms with van der Waals surface area (Å²) in [5.74, 6) is 0. The van der Waals surface area contributed by atoms with E-state index >= 15 is 0 Å².